The van der Waals surface area contributed by atoms with Crippen molar-refractivity contribution in [2.75, 3.05) is 13.1 Å². The van der Waals surface area contributed by atoms with Crippen molar-refractivity contribution in [1.29, 1.82) is 0 Å². The summed E-state index contributed by atoms with van der Waals surface area (Å²) < 4.78 is 26.9. The zero-order valence-corrected chi connectivity index (χ0v) is 14.3. The van der Waals surface area contributed by atoms with Crippen LogP contribution in [-0.4, -0.2) is 38.8 Å². The van der Waals surface area contributed by atoms with E-state index in [1.165, 1.54) is 0 Å². The fraction of sp³-hybridized carbons (Fsp3) is 0.316. The molecule has 1 aromatic carbocycles. The lowest BCUT2D eigenvalue weighted by molar-refractivity contribution is 0.0693. The van der Waals surface area contributed by atoms with Crippen LogP contribution in [0.3, 0.4) is 0 Å². The molecule has 2 aromatic heterocycles. The van der Waals surface area contributed by atoms with Gasteiger partial charge < -0.3 is 9.88 Å². The van der Waals surface area contributed by atoms with Crippen LogP contribution < -0.4 is 0 Å². The van der Waals surface area contributed by atoms with E-state index in [1.807, 2.05) is 25.1 Å². The molecule has 1 aliphatic rings. The van der Waals surface area contributed by atoms with Crippen LogP contribution in [0.5, 0.6) is 0 Å². The number of hydrogen-bond acceptors (Lipinski definition) is 3. The maximum atomic E-state index is 13.9. The number of aromatic amines is 1. The van der Waals surface area contributed by atoms with Crippen molar-refractivity contribution in [3.63, 3.8) is 0 Å². The van der Waals surface area contributed by atoms with Crippen LogP contribution in [-0.2, 0) is 0 Å². The van der Waals surface area contributed by atoms with Crippen molar-refractivity contribution in [3.8, 4) is 0 Å². The quantitative estimate of drug-likeness (QED) is 0.764. The molecule has 7 heteroatoms. The van der Waals surface area contributed by atoms with E-state index >= 15 is 0 Å². The lowest BCUT2D eigenvalue weighted by Crippen LogP contribution is -2.40. The summed E-state index contributed by atoms with van der Waals surface area (Å²) in [7, 11) is 0. The Morgan fingerprint density at radius 2 is 2.19 bits per heavy atom. The molecule has 5 nitrogen and oxygen atoms in total. The molecular formula is C19H18F2N4O. The Kier molecular flexibility index (Phi) is 4.14. The number of likely N-dealkylation sites (tertiary alicyclic amines) is 1. The number of imidazole rings is 1. The van der Waals surface area contributed by atoms with Gasteiger partial charge in [0.15, 0.2) is 11.5 Å². The molecule has 1 N–H and O–H groups in total. The maximum Gasteiger partial charge on any atom is 0.275 e. The zero-order chi connectivity index (χ0) is 18.3. The number of aryl methyl sites for hydroxylation is 1. The van der Waals surface area contributed by atoms with Crippen LogP contribution in [0.1, 0.15) is 40.6 Å². The van der Waals surface area contributed by atoms with Gasteiger partial charge in [0.25, 0.3) is 5.91 Å². The summed E-state index contributed by atoms with van der Waals surface area (Å²) in [6, 6.07) is 6.64. The van der Waals surface area contributed by atoms with Gasteiger partial charge in [0.2, 0.25) is 0 Å². The molecule has 1 unspecified atom stereocenters. The monoisotopic (exact) mass is 356 g/mol. The second-order valence-electron chi connectivity index (χ2n) is 6.67. The zero-order valence-electron chi connectivity index (χ0n) is 14.3. The Bertz CT molecular complexity index is 985. The second kappa shape index (κ2) is 6.48. The number of aromatic nitrogens is 3. The maximum absolute atomic E-state index is 13.9. The molecule has 0 spiro atoms. The number of nitrogens with zero attached hydrogens (tertiary/aromatic N) is 3. The standard InChI is InChI=1S/C19H18F2N4O/c1-11-4-2-6-15-16(11)24-18(23-15)12-5-3-7-25(10-12)19(26)17-14(21)8-13(20)9-22-17/h2,4,6,8-9,12H,3,5,7,10H2,1H3,(H,23,24). The molecule has 0 saturated carbocycles. The average Bonchev–Trinajstić information content (AvgIpc) is 3.07. The van der Waals surface area contributed by atoms with Crippen LogP contribution in [0.2, 0.25) is 0 Å². The Balaban J connectivity index is 1.58. The van der Waals surface area contributed by atoms with E-state index < -0.39 is 17.5 Å². The summed E-state index contributed by atoms with van der Waals surface area (Å²) in [6.07, 6.45) is 2.54. The van der Waals surface area contributed by atoms with E-state index in [2.05, 4.69) is 9.97 Å². The fourth-order valence-corrected chi connectivity index (χ4v) is 3.49. The van der Waals surface area contributed by atoms with Crippen molar-refractivity contribution in [2.45, 2.75) is 25.7 Å². The third-order valence-electron chi connectivity index (χ3n) is 4.84. The lowest BCUT2D eigenvalue weighted by Gasteiger charge is -2.31. The number of rotatable bonds is 2. The van der Waals surface area contributed by atoms with Crippen molar-refractivity contribution in [2.24, 2.45) is 0 Å². The minimum atomic E-state index is -0.934. The summed E-state index contributed by atoms with van der Waals surface area (Å²) in [5, 5.41) is 0. The summed E-state index contributed by atoms with van der Waals surface area (Å²) in [4.78, 5) is 25.8. The third kappa shape index (κ3) is 2.94. The highest BCUT2D eigenvalue weighted by molar-refractivity contribution is 5.92. The van der Waals surface area contributed by atoms with Gasteiger partial charge in [-0.3, -0.25) is 4.79 Å². The highest BCUT2D eigenvalue weighted by atomic mass is 19.1. The molecule has 1 aliphatic heterocycles. The highest BCUT2D eigenvalue weighted by Crippen LogP contribution is 2.28. The number of piperidine rings is 1. The van der Waals surface area contributed by atoms with Gasteiger partial charge in [-0.05, 0) is 31.4 Å². The van der Waals surface area contributed by atoms with E-state index in [0.717, 1.165) is 41.5 Å². The van der Waals surface area contributed by atoms with E-state index in [0.29, 0.717) is 19.2 Å². The van der Waals surface area contributed by atoms with Gasteiger partial charge in [0.05, 0.1) is 17.2 Å². The number of nitrogens with one attached hydrogen (secondary N) is 1. The number of pyridine rings is 1. The topological polar surface area (TPSA) is 61.9 Å². The molecule has 0 aliphatic carbocycles. The SMILES string of the molecule is Cc1cccc2[nH]c(C3CCCN(C(=O)c4ncc(F)cc4F)C3)nc12. The van der Waals surface area contributed by atoms with Gasteiger partial charge >= 0.3 is 0 Å². The van der Waals surface area contributed by atoms with Crippen LogP contribution in [0.25, 0.3) is 11.0 Å². The average molecular weight is 356 g/mol. The van der Waals surface area contributed by atoms with E-state index in [-0.39, 0.29) is 11.6 Å². The molecule has 1 amide bonds. The molecule has 26 heavy (non-hydrogen) atoms. The van der Waals surface area contributed by atoms with Crippen LogP contribution in [0.15, 0.2) is 30.5 Å². The minimum absolute atomic E-state index is 0.0445. The molecule has 1 fully saturated rings. The number of H-pyrrole nitrogens is 1. The Labute approximate surface area is 149 Å². The molecule has 1 atom stereocenters. The third-order valence-corrected chi connectivity index (χ3v) is 4.84. The molecule has 3 aromatic rings. The van der Waals surface area contributed by atoms with Crippen LogP contribution in [0.4, 0.5) is 8.78 Å². The number of amides is 1. The summed E-state index contributed by atoms with van der Waals surface area (Å²) in [5.41, 5.74) is 2.64. The van der Waals surface area contributed by atoms with Gasteiger partial charge in [-0.2, -0.15) is 0 Å². The smallest absolute Gasteiger partial charge is 0.275 e. The molecule has 134 valence electrons. The van der Waals surface area contributed by atoms with Crippen molar-refractivity contribution >= 4 is 16.9 Å². The van der Waals surface area contributed by atoms with Gasteiger partial charge in [-0.25, -0.2) is 18.7 Å². The van der Waals surface area contributed by atoms with Crippen molar-refractivity contribution < 1.29 is 13.6 Å². The lowest BCUT2D eigenvalue weighted by atomic mass is 9.97. The molecule has 3 heterocycles. The van der Waals surface area contributed by atoms with Gasteiger partial charge in [-0.1, -0.05) is 12.1 Å². The number of fused-ring (bicyclic) bond motifs is 1. The summed E-state index contributed by atoms with van der Waals surface area (Å²) >= 11 is 0. The van der Waals surface area contributed by atoms with Gasteiger partial charge in [0, 0.05) is 25.1 Å². The summed E-state index contributed by atoms with van der Waals surface area (Å²) in [5.74, 6) is -1.37. The second-order valence-corrected chi connectivity index (χ2v) is 6.67. The molecule has 1 saturated heterocycles. The largest absolute Gasteiger partial charge is 0.342 e. The first-order valence-corrected chi connectivity index (χ1v) is 8.58. The predicted octanol–water partition coefficient (Wildman–Crippen LogP) is 3.56. The minimum Gasteiger partial charge on any atom is -0.342 e. The first kappa shape index (κ1) is 16.6. The molecule has 0 radical (unpaired) electrons. The molecule has 4 rings (SSSR count). The Morgan fingerprint density at radius 3 is 2.96 bits per heavy atom. The number of benzene rings is 1. The highest BCUT2D eigenvalue weighted by Gasteiger charge is 2.29. The molecule has 0 bridgehead atoms. The first-order valence-electron chi connectivity index (χ1n) is 8.58. The number of hydrogen-bond donors (Lipinski definition) is 1. The first-order chi connectivity index (χ1) is 12.5. The number of para-hydroxylation sites is 1. The normalized spacial score (nSPS) is 17.7. The number of carbonyl (C=O) groups excluding carboxylic acids is 1. The number of halogens is 2. The number of carbonyl (C=O) groups is 1. The molecular weight excluding hydrogens is 338 g/mol. The van der Waals surface area contributed by atoms with E-state index in [1.54, 1.807) is 4.90 Å². The van der Waals surface area contributed by atoms with Crippen LogP contribution in [0, 0.1) is 18.6 Å². The van der Waals surface area contributed by atoms with Gasteiger partial charge in [0.1, 0.15) is 11.6 Å². The Hall–Kier alpha value is -2.83. The fourth-order valence-electron chi connectivity index (χ4n) is 3.49. The van der Waals surface area contributed by atoms with Crippen molar-refractivity contribution in [3.05, 3.63) is 59.2 Å². The Morgan fingerprint density at radius 1 is 1.35 bits per heavy atom. The van der Waals surface area contributed by atoms with E-state index in [9.17, 15) is 13.6 Å². The predicted molar refractivity (Wildman–Crippen MR) is 92.9 cm³/mol. The van der Waals surface area contributed by atoms with Gasteiger partial charge in [-0.15, -0.1) is 0 Å². The van der Waals surface area contributed by atoms with Crippen LogP contribution >= 0.6 is 0 Å². The summed E-state index contributed by atoms with van der Waals surface area (Å²) in [6.45, 7) is 2.95. The van der Waals surface area contributed by atoms with E-state index in [4.69, 9.17) is 4.98 Å². The van der Waals surface area contributed by atoms with Crippen molar-refractivity contribution in [1.82, 2.24) is 19.9 Å².